The second-order valence-corrected chi connectivity index (χ2v) is 7.75. The molecule has 6 heteroatoms. The summed E-state index contributed by atoms with van der Waals surface area (Å²) >= 11 is 0. The van der Waals surface area contributed by atoms with Crippen molar-refractivity contribution in [3.8, 4) is 0 Å². The van der Waals surface area contributed by atoms with E-state index in [1.165, 1.54) is 0 Å². The zero-order valence-electron chi connectivity index (χ0n) is 10.9. The molecule has 1 aromatic rings. The first-order chi connectivity index (χ1) is 8.47. The maximum Gasteiger partial charge on any atom is 0.109 e. The van der Waals surface area contributed by atoms with Crippen molar-refractivity contribution in [1.29, 1.82) is 0 Å². The number of methoxy groups -OCH3 is 1. The van der Waals surface area contributed by atoms with Crippen LogP contribution < -0.4 is 5.30 Å². The molecule has 0 amide bonds. The minimum Gasteiger partial charge on any atom is -0.384 e. The second kappa shape index (κ2) is 6.60. The Labute approximate surface area is 107 Å². The highest BCUT2D eigenvalue weighted by atomic mass is 31.2. The SMILES string of the molecule is COCC(Cc1ccc(P(C)(C)=O)cc1)N=[N+]=[N-]. The van der Waals surface area contributed by atoms with Crippen LogP contribution in [0.15, 0.2) is 29.4 Å². The van der Waals surface area contributed by atoms with Crippen LogP contribution in [0.3, 0.4) is 0 Å². The Kier molecular flexibility index (Phi) is 5.42. The van der Waals surface area contributed by atoms with E-state index in [0.29, 0.717) is 13.0 Å². The average molecular weight is 267 g/mol. The summed E-state index contributed by atoms with van der Waals surface area (Å²) in [5, 5.41) is 4.54. The molecule has 1 rings (SSSR count). The first-order valence-electron chi connectivity index (χ1n) is 5.65. The Morgan fingerprint density at radius 3 is 2.44 bits per heavy atom. The summed E-state index contributed by atoms with van der Waals surface area (Å²) in [5.74, 6) is 0. The van der Waals surface area contributed by atoms with Gasteiger partial charge in [-0.05, 0) is 30.8 Å². The number of azide groups is 1. The molecule has 0 bridgehead atoms. The normalized spacial score (nSPS) is 12.8. The van der Waals surface area contributed by atoms with Crippen LogP contribution in [-0.2, 0) is 15.7 Å². The fourth-order valence-electron chi connectivity index (χ4n) is 1.66. The molecule has 0 radical (unpaired) electrons. The number of ether oxygens (including phenoxy) is 1. The summed E-state index contributed by atoms with van der Waals surface area (Å²) in [4.78, 5) is 2.81. The van der Waals surface area contributed by atoms with Crippen LogP contribution in [0.1, 0.15) is 5.56 Å². The molecule has 0 aliphatic heterocycles. The highest BCUT2D eigenvalue weighted by Crippen LogP contribution is 2.34. The second-order valence-electron chi connectivity index (χ2n) is 4.54. The van der Waals surface area contributed by atoms with Crippen LogP contribution in [0.25, 0.3) is 10.4 Å². The smallest absolute Gasteiger partial charge is 0.109 e. The molecule has 1 aromatic carbocycles. The molecular formula is C12H18N3O2P. The maximum absolute atomic E-state index is 11.9. The number of hydrogen-bond donors (Lipinski definition) is 0. The quantitative estimate of drug-likeness (QED) is 0.344. The van der Waals surface area contributed by atoms with Gasteiger partial charge in [0.05, 0.1) is 12.6 Å². The minimum absolute atomic E-state index is 0.207. The lowest BCUT2D eigenvalue weighted by Crippen LogP contribution is -2.15. The van der Waals surface area contributed by atoms with Crippen LogP contribution in [0, 0.1) is 0 Å². The van der Waals surface area contributed by atoms with Gasteiger partial charge in [-0.3, -0.25) is 0 Å². The summed E-state index contributed by atoms with van der Waals surface area (Å²) in [6.07, 6.45) is 0.621. The van der Waals surface area contributed by atoms with Crippen LogP contribution in [0.4, 0.5) is 0 Å². The first-order valence-corrected chi connectivity index (χ1v) is 8.25. The van der Waals surface area contributed by atoms with Crippen molar-refractivity contribution in [3.63, 3.8) is 0 Å². The van der Waals surface area contributed by atoms with Gasteiger partial charge in [0.1, 0.15) is 7.14 Å². The Morgan fingerprint density at radius 1 is 1.39 bits per heavy atom. The van der Waals surface area contributed by atoms with Gasteiger partial charge in [-0.1, -0.05) is 29.4 Å². The van der Waals surface area contributed by atoms with Gasteiger partial charge >= 0.3 is 0 Å². The fourth-order valence-corrected chi connectivity index (χ4v) is 2.53. The largest absolute Gasteiger partial charge is 0.384 e. The minimum atomic E-state index is -2.20. The predicted octanol–water partition coefficient (Wildman–Crippen LogP) is 2.80. The summed E-state index contributed by atoms with van der Waals surface area (Å²) < 4.78 is 16.9. The van der Waals surface area contributed by atoms with Gasteiger partial charge < -0.3 is 9.30 Å². The lowest BCUT2D eigenvalue weighted by atomic mass is 10.1. The van der Waals surface area contributed by atoms with Gasteiger partial charge in [-0.25, -0.2) is 0 Å². The van der Waals surface area contributed by atoms with E-state index in [-0.39, 0.29) is 6.04 Å². The molecule has 18 heavy (non-hydrogen) atoms. The van der Waals surface area contributed by atoms with Gasteiger partial charge in [0, 0.05) is 17.3 Å². The van der Waals surface area contributed by atoms with Gasteiger partial charge in [-0.15, -0.1) is 0 Å². The standard InChI is InChI=1S/C12H18N3O2P/c1-17-9-11(14-15-13)8-10-4-6-12(7-5-10)18(2,3)16/h4-7,11H,8-9H2,1-3H3. The third kappa shape index (κ3) is 4.53. The van der Waals surface area contributed by atoms with E-state index in [2.05, 4.69) is 10.0 Å². The van der Waals surface area contributed by atoms with E-state index in [9.17, 15) is 4.57 Å². The van der Waals surface area contributed by atoms with Gasteiger partial charge in [0.25, 0.3) is 0 Å². The lowest BCUT2D eigenvalue weighted by molar-refractivity contribution is 0.180. The van der Waals surface area contributed by atoms with Crippen LogP contribution in [0.2, 0.25) is 0 Å². The molecule has 98 valence electrons. The predicted molar refractivity (Wildman–Crippen MR) is 74.0 cm³/mol. The molecule has 0 fully saturated rings. The first kappa shape index (κ1) is 14.8. The number of rotatable bonds is 6. The van der Waals surface area contributed by atoms with Crippen LogP contribution >= 0.6 is 7.14 Å². The van der Waals surface area contributed by atoms with Crippen molar-refractivity contribution in [1.82, 2.24) is 0 Å². The fraction of sp³-hybridized carbons (Fsp3) is 0.500. The Hall–Kier alpha value is -1.28. The molecule has 1 atom stereocenters. The highest BCUT2D eigenvalue weighted by Gasteiger charge is 2.11. The van der Waals surface area contributed by atoms with E-state index < -0.39 is 7.14 Å². The van der Waals surface area contributed by atoms with E-state index in [0.717, 1.165) is 10.9 Å². The van der Waals surface area contributed by atoms with Crippen LogP contribution in [0.5, 0.6) is 0 Å². The average Bonchev–Trinajstić information content (AvgIpc) is 2.29. The van der Waals surface area contributed by atoms with E-state index in [4.69, 9.17) is 10.3 Å². The van der Waals surface area contributed by atoms with Crippen molar-refractivity contribution >= 4 is 12.4 Å². The summed E-state index contributed by atoms with van der Waals surface area (Å²) in [5.41, 5.74) is 9.50. The Balaban J connectivity index is 2.79. The van der Waals surface area contributed by atoms with Crippen LogP contribution in [-0.4, -0.2) is 33.1 Å². The molecule has 0 aliphatic carbocycles. The molecular weight excluding hydrogens is 249 g/mol. The molecule has 1 unspecified atom stereocenters. The zero-order chi connectivity index (χ0) is 13.6. The zero-order valence-corrected chi connectivity index (χ0v) is 11.8. The molecule has 0 heterocycles. The van der Waals surface area contributed by atoms with Crippen molar-refractivity contribution < 1.29 is 9.30 Å². The molecule has 0 N–H and O–H groups in total. The van der Waals surface area contributed by atoms with E-state index in [1.807, 2.05) is 24.3 Å². The molecule has 0 spiro atoms. The van der Waals surface area contributed by atoms with Gasteiger partial charge in [0.15, 0.2) is 0 Å². The van der Waals surface area contributed by atoms with Crippen molar-refractivity contribution in [3.05, 3.63) is 40.3 Å². The van der Waals surface area contributed by atoms with E-state index in [1.54, 1.807) is 20.4 Å². The lowest BCUT2D eigenvalue weighted by Gasteiger charge is -2.11. The van der Waals surface area contributed by atoms with Crippen molar-refractivity contribution in [2.75, 3.05) is 27.0 Å². The summed E-state index contributed by atoms with van der Waals surface area (Å²) in [7, 11) is -0.627. The molecule has 0 aromatic heterocycles. The molecule has 5 nitrogen and oxygen atoms in total. The molecule has 0 aliphatic rings. The van der Waals surface area contributed by atoms with Gasteiger partial charge in [0.2, 0.25) is 0 Å². The van der Waals surface area contributed by atoms with Crippen molar-refractivity contribution in [2.45, 2.75) is 12.5 Å². The van der Waals surface area contributed by atoms with E-state index >= 15 is 0 Å². The topological polar surface area (TPSA) is 75.1 Å². The molecule has 0 saturated carbocycles. The van der Waals surface area contributed by atoms with Crippen molar-refractivity contribution in [2.24, 2.45) is 5.11 Å². The Bertz CT molecular complexity index is 475. The number of hydrogen-bond acceptors (Lipinski definition) is 3. The number of benzene rings is 1. The van der Waals surface area contributed by atoms with Gasteiger partial charge in [-0.2, -0.15) is 0 Å². The highest BCUT2D eigenvalue weighted by molar-refractivity contribution is 7.70. The number of nitrogens with zero attached hydrogens (tertiary/aromatic N) is 3. The Morgan fingerprint density at radius 2 is 2.00 bits per heavy atom. The monoisotopic (exact) mass is 267 g/mol. The summed E-state index contributed by atoms with van der Waals surface area (Å²) in [6.45, 7) is 3.89. The summed E-state index contributed by atoms with van der Waals surface area (Å²) in [6, 6.07) is 7.38. The molecule has 0 saturated heterocycles. The third-order valence-electron chi connectivity index (χ3n) is 2.60. The third-order valence-corrected chi connectivity index (χ3v) is 4.15. The maximum atomic E-state index is 11.9.